The molecule has 70 valence electrons. The molecule has 0 radical (unpaired) electrons. The molecule has 1 aromatic rings. The summed E-state index contributed by atoms with van der Waals surface area (Å²) in [6, 6.07) is 4.86. The minimum absolute atomic E-state index is 0.101. The summed E-state index contributed by atoms with van der Waals surface area (Å²) in [7, 11) is 1.41. The van der Waals surface area contributed by atoms with Crippen molar-refractivity contribution in [2.75, 3.05) is 13.7 Å². The molecule has 3 heteroatoms. The van der Waals surface area contributed by atoms with Gasteiger partial charge in [0, 0.05) is 5.56 Å². The summed E-state index contributed by atoms with van der Waals surface area (Å²) in [5.74, 6) is -0.199. The van der Waals surface area contributed by atoms with Crippen molar-refractivity contribution < 1.29 is 14.2 Å². The third-order valence-electron chi connectivity index (χ3n) is 1.62. The Labute approximate surface area is 76.3 Å². The average Bonchev–Trinajstić information content (AvgIpc) is 2.16. The highest BCUT2D eigenvalue weighted by atomic mass is 19.1. The molecule has 0 unspecified atom stereocenters. The Bertz CT molecular complexity index is 308. The highest BCUT2D eigenvalue weighted by Crippen LogP contribution is 2.20. The van der Waals surface area contributed by atoms with Crippen molar-refractivity contribution in [2.45, 2.75) is 0 Å². The van der Waals surface area contributed by atoms with Crippen LogP contribution < -0.4 is 4.74 Å². The van der Waals surface area contributed by atoms with Crippen molar-refractivity contribution in [1.82, 2.24) is 0 Å². The van der Waals surface area contributed by atoms with Gasteiger partial charge < -0.3 is 9.84 Å². The number of hydrogen-bond donors (Lipinski definition) is 1. The van der Waals surface area contributed by atoms with Crippen LogP contribution in [0.5, 0.6) is 5.75 Å². The first-order valence-electron chi connectivity index (χ1n) is 3.89. The molecule has 0 fully saturated rings. The predicted octanol–water partition coefficient (Wildman–Crippen LogP) is 1.84. The van der Waals surface area contributed by atoms with Crippen LogP contribution in [0.25, 0.3) is 6.08 Å². The molecule has 0 atom stereocenters. The van der Waals surface area contributed by atoms with Crippen LogP contribution >= 0.6 is 0 Å². The molecule has 0 spiro atoms. The van der Waals surface area contributed by atoms with Gasteiger partial charge in [-0.3, -0.25) is 0 Å². The van der Waals surface area contributed by atoms with E-state index in [4.69, 9.17) is 9.84 Å². The van der Waals surface area contributed by atoms with Crippen LogP contribution in [0.2, 0.25) is 0 Å². The second-order valence-corrected chi connectivity index (χ2v) is 2.45. The molecule has 2 nitrogen and oxygen atoms in total. The van der Waals surface area contributed by atoms with Gasteiger partial charge in [-0.2, -0.15) is 0 Å². The third kappa shape index (κ3) is 2.29. The predicted molar refractivity (Wildman–Crippen MR) is 49.1 cm³/mol. The van der Waals surface area contributed by atoms with Gasteiger partial charge in [-0.15, -0.1) is 0 Å². The lowest BCUT2D eigenvalue weighted by atomic mass is 10.2. The maximum absolute atomic E-state index is 13.3. The van der Waals surface area contributed by atoms with Crippen LogP contribution in [-0.2, 0) is 0 Å². The molecule has 0 heterocycles. The van der Waals surface area contributed by atoms with Gasteiger partial charge in [0.2, 0.25) is 0 Å². The first kappa shape index (κ1) is 9.74. The zero-order valence-electron chi connectivity index (χ0n) is 7.33. The fourth-order valence-corrected chi connectivity index (χ4v) is 0.994. The van der Waals surface area contributed by atoms with E-state index in [1.54, 1.807) is 18.2 Å². The maximum atomic E-state index is 13.3. The lowest BCUT2D eigenvalue weighted by Gasteiger charge is -2.03. The van der Waals surface area contributed by atoms with Crippen LogP contribution in [0.3, 0.4) is 0 Å². The number of rotatable bonds is 3. The van der Waals surface area contributed by atoms with E-state index in [-0.39, 0.29) is 12.4 Å². The number of benzene rings is 1. The normalized spacial score (nSPS) is 10.7. The fourth-order valence-electron chi connectivity index (χ4n) is 0.994. The zero-order valence-corrected chi connectivity index (χ0v) is 7.33. The minimum atomic E-state index is -0.408. The van der Waals surface area contributed by atoms with Gasteiger partial charge in [-0.05, 0) is 6.07 Å². The standard InChI is InChI=1S/C10H11FO2/c1-13-9-6-2-4-8(10(9)11)5-3-7-12/h2-6,12H,7H2,1H3. The molecule has 0 aliphatic carbocycles. The van der Waals surface area contributed by atoms with Gasteiger partial charge in [0.1, 0.15) is 0 Å². The monoisotopic (exact) mass is 182 g/mol. The Morgan fingerprint density at radius 2 is 2.31 bits per heavy atom. The van der Waals surface area contributed by atoms with E-state index in [1.807, 2.05) is 0 Å². The van der Waals surface area contributed by atoms with Crippen molar-refractivity contribution in [3.63, 3.8) is 0 Å². The van der Waals surface area contributed by atoms with Crippen molar-refractivity contribution in [3.05, 3.63) is 35.7 Å². The van der Waals surface area contributed by atoms with E-state index in [0.717, 1.165) is 0 Å². The van der Waals surface area contributed by atoms with E-state index in [9.17, 15) is 4.39 Å². The first-order valence-corrected chi connectivity index (χ1v) is 3.89. The third-order valence-corrected chi connectivity index (χ3v) is 1.62. The lowest BCUT2D eigenvalue weighted by Crippen LogP contribution is -1.90. The first-order chi connectivity index (χ1) is 6.29. The van der Waals surface area contributed by atoms with Gasteiger partial charge in [-0.1, -0.05) is 24.3 Å². The Hall–Kier alpha value is -1.35. The number of aliphatic hydroxyl groups excluding tert-OH is 1. The van der Waals surface area contributed by atoms with Crippen LogP contribution in [0.1, 0.15) is 5.56 Å². The molecular formula is C10H11FO2. The molecule has 1 aromatic carbocycles. The molecule has 0 aliphatic heterocycles. The molecule has 0 saturated heterocycles. The Morgan fingerprint density at radius 1 is 1.54 bits per heavy atom. The van der Waals surface area contributed by atoms with Crippen molar-refractivity contribution >= 4 is 6.08 Å². The van der Waals surface area contributed by atoms with Crippen LogP contribution in [0, 0.1) is 5.82 Å². The summed E-state index contributed by atoms with van der Waals surface area (Å²) < 4.78 is 18.1. The molecule has 0 aromatic heterocycles. The van der Waals surface area contributed by atoms with E-state index in [2.05, 4.69) is 0 Å². The largest absolute Gasteiger partial charge is 0.494 e. The van der Waals surface area contributed by atoms with E-state index in [0.29, 0.717) is 5.56 Å². The Kier molecular flexibility index (Phi) is 3.46. The highest BCUT2D eigenvalue weighted by molar-refractivity contribution is 5.52. The number of aliphatic hydroxyl groups is 1. The van der Waals surface area contributed by atoms with E-state index < -0.39 is 5.82 Å². The van der Waals surface area contributed by atoms with Crippen molar-refractivity contribution in [2.24, 2.45) is 0 Å². The zero-order chi connectivity index (χ0) is 9.68. The van der Waals surface area contributed by atoms with Gasteiger partial charge in [0.25, 0.3) is 0 Å². The molecule has 0 aliphatic rings. The molecule has 0 bridgehead atoms. The number of methoxy groups -OCH3 is 1. The second-order valence-electron chi connectivity index (χ2n) is 2.45. The summed E-state index contributed by atoms with van der Waals surface area (Å²) in [6.07, 6.45) is 2.98. The summed E-state index contributed by atoms with van der Waals surface area (Å²) in [5.41, 5.74) is 0.411. The van der Waals surface area contributed by atoms with E-state index in [1.165, 1.54) is 19.3 Å². The molecule has 1 N–H and O–H groups in total. The highest BCUT2D eigenvalue weighted by Gasteiger charge is 2.04. The van der Waals surface area contributed by atoms with E-state index >= 15 is 0 Å². The van der Waals surface area contributed by atoms with Crippen LogP contribution in [0.15, 0.2) is 24.3 Å². The lowest BCUT2D eigenvalue weighted by molar-refractivity contribution is 0.343. The quantitative estimate of drug-likeness (QED) is 0.772. The number of hydrogen-bond acceptors (Lipinski definition) is 2. The van der Waals surface area contributed by atoms with Gasteiger partial charge in [-0.25, -0.2) is 4.39 Å². The smallest absolute Gasteiger partial charge is 0.172 e. The summed E-state index contributed by atoms with van der Waals surface area (Å²) in [4.78, 5) is 0. The van der Waals surface area contributed by atoms with Crippen molar-refractivity contribution in [3.8, 4) is 5.75 Å². The maximum Gasteiger partial charge on any atom is 0.172 e. The minimum Gasteiger partial charge on any atom is -0.494 e. The topological polar surface area (TPSA) is 29.5 Å². The van der Waals surface area contributed by atoms with Crippen LogP contribution in [-0.4, -0.2) is 18.8 Å². The van der Waals surface area contributed by atoms with Gasteiger partial charge >= 0.3 is 0 Å². The van der Waals surface area contributed by atoms with Crippen molar-refractivity contribution in [1.29, 1.82) is 0 Å². The Morgan fingerprint density at radius 3 is 2.92 bits per heavy atom. The van der Waals surface area contributed by atoms with Crippen LogP contribution in [0.4, 0.5) is 4.39 Å². The SMILES string of the molecule is COc1cccc(C=CCO)c1F. The molecule has 0 amide bonds. The number of ether oxygens (including phenoxy) is 1. The summed E-state index contributed by atoms with van der Waals surface area (Å²) in [6.45, 7) is -0.101. The molecule has 0 saturated carbocycles. The Balaban J connectivity index is 3.01. The number of halogens is 1. The summed E-state index contributed by atoms with van der Waals surface area (Å²) in [5, 5.41) is 8.50. The molecule has 1 rings (SSSR count). The average molecular weight is 182 g/mol. The van der Waals surface area contributed by atoms with Gasteiger partial charge in [0.05, 0.1) is 13.7 Å². The van der Waals surface area contributed by atoms with Gasteiger partial charge in [0.15, 0.2) is 11.6 Å². The second kappa shape index (κ2) is 4.62. The molecular weight excluding hydrogens is 171 g/mol. The molecule has 13 heavy (non-hydrogen) atoms. The summed E-state index contributed by atoms with van der Waals surface area (Å²) >= 11 is 0. The fraction of sp³-hybridized carbons (Fsp3) is 0.200.